The molecule has 1 N–H and O–H groups in total. The van der Waals surface area contributed by atoms with Crippen molar-refractivity contribution in [1.82, 2.24) is 14.9 Å². The van der Waals surface area contributed by atoms with E-state index in [2.05, 4.69) is 70.5 Å². The van der Waals surface area contributed by atoms with Gasteiger partial charge in [-0.05, 0) is 55.1 Å². The summed E-state index contributed by atoms with van der Waals surface area (Å²) in [5.41, 5.74) is 2.61. The fourth-order valence-corrected chi connectivity index (χ4v) is 2.67. The average Bonchev–Trinajstić information content (AvgIpc) is 2.95. The number of rotatable bonds is 6. The highest BCUT2D eigenvalue weighted by molar-refractivity contribution is 5.79. The SMILES string of the molecule is CC(NCCCn1ccc2ccccc21)c1ccncc1. The molecule has 1 atom stereocenters. The second-order valence-electron chi connectivity index (χ2n) is 5.38. The standard InChI is InChI=1S/C18H21N3/c1-15(16-7-11-19-12-8-16)20-10-4-13-21-14-9-17-5-2-3-6-18(17)21/h2-3,5-9,11-12,14-15,20H,4,10,13H2,1H3. The molecule has 3 rings (SSSR count). The normalized spacial score (nSPS) is 12.6. The molecule has 3 heteroatoms. The van der Waals surface area contributed by atoms with Gasteiger partial charge in [-0.15, -0.1) is 0 Å². The van der Waals surface area contributed by atoms with Crippen molar-refractivity contribution in [3.63, 3.8) is 0 Å². The quantitative estimate of drug-likeness (QED) is 0.696. The molecule has 1 aromatic carbocycles. The van der Waals surface area contributed by atoms with E-state index in [1.165, 1.54) is 16.5 Å². The molecular formula is C18H21N3. The van der Waals surface area contributed by atoms with Crippen molar-refractivity contribution in [3.05, 3.63) is 66.6 Å². The maximum Gasteiger partial charge on any atom is 0.0480 e. The van der Waals surface area contributed by atoms with Crippen molar-refractivity contribution < 1.29 is 0 Å². The first-order chi connectivity index (χ1) is 10.3. The topological polar surface area (TPSA) is 29.9 Å². The first kappa shape index (κ1) is 13.8. The number of nitrogens with one attached hydrogen (secondary N) is 1. The first-order valence-electron chi connectivity index (χ1n) is 7.52. The Balaban J connectivity index is 1.50. The minimum absolute atomic E-state index is 0.370. The Kier molecular flexibility index (Phi) is 4.31. The average molecular weight is 279 g/mol. The Morgan fingerprint density at radius 3 is 2.76 bits per heavy atom. The molecule has 1 unspecified atom stereocenters. The highest BCUT2D eigenvalue weighted by Crippen LogP contribution is 2.15. The van der Waals surface area contributed by atoms with Crippen molar-refractivity contribution in [2.75, 3.05) is 6.54 Å². The lowest BCUT2D eigenvalue weighted by atomic mass is 10.1. The maximum absolute atomic E-state index is 4.06. The molecule has 21 heavy (non-hydrogen) atoms. The van der Waals surface area contributed by atoms with Crippen LogP contribution in [0.1, 0.15) is 24.9 Å². The van der Waals surface area contributed by atoms with E-state index in [9.17, 15) is 0 Å². The van der Waals surface area contributed by atoms with Gasteiger partial charge in [0, 0.05) is 36.7 Å². The molecule has 0 spiro atoms. The van der Waals surface area contributed by atoms with Crippen molar-refractivity contribution in [2.45, 2.75) is 25.9 Å². The molecule has 0 bridgehead atoms. The Labute approximate surface area is 125 Å². The summed E-state index contributed by atoms with van der Waals surface area (Å²) in [5.74, 6) is 0. The molecule has 0 aliphatic rings. The van der Waals surface area contributed by atoms with E-state index in [1.807, 2.05) is 12.4 Å². The van der Waals surface area contributed by atoms with Crippen LogP contribution in [-0.2, 0) is 6.54 Å². The number of pyridine rings is 1. The zero-order valence-electron chi connectivity index (χ0n) is 12.4. The third-order valence-electron chi connectivity index (χ3n) is 3.91. The smallest absolute Gasteiger partial charge is 0.0480 e. The minimum Gasteiger partial charge on any atom is -0.347 e. The molecular weight excluding hydrogens is 258 g/mol. The Morgan fingerprint density at radius 2 is 1.90 bits per heavy atom. The molecule has 0 aliphatic carbocycles. The first-order valence-corrected chi connectivity index (χ1v) is 7.52. The van der Waals surface area contributed by atoms with Crippen LogP contribution in [0, 0.1) is 0 Å². The summed E-state index contributed by atoms with van der Waals surface area (Å²) in [7, 11) is 0. The van der Waals surface area contributed by atoms with Gasteiger partial charge in [-0.1, -0.05) is 18.2 Å². The second-order valence-corrected chi connectivity index (χ2v) is 5.38. The van der Waals surface area contributed by atoms with Crippen LogP contribution in [0.25, 0.3) is 10.9 Å². The Hall–Kier alpha value is -2.13. The molecule has 0 saturated carbocycles. The fraction of sp³-hybridized carbons (Fsp3) is 0.278. The molecule has 0 fully saturated rings. The van der Waals surface area contributed by atoms with Gasteiger partial charge < -0.3 is 9.88 Å². The number of aryl methyl sites for hydroxylation is 1. The lowest BCUT2D eigenvalue weighted by Gasteiger charge is -2.14. The van der Waals surface area contributed by atoms with Gasteiger partial charge in [0.15, 0.2) is 0 Å². The fourth-order valence-electron chi connectivity index (χ4n) is 2.67. The monoisotopic (exact) mass is 279 g/mol. The molecule has 3 nitrogen and oxygen atoms in total. The maximum atomic E-state index is 4.06. The third-order valence-corrected chi connectivity index (χ3v) is 3.91. The van der Waals surface area contributed by atoms with E-state index in [-0.39, 0.29) is 0 Å². The van der Waals surface area contributed by atoms with Gasteiger partial charge >= 0.3 is 0 Å². The number of hydrogen-bond donors (Lipinski definition) is 1. The number of aromatic nitrogens is 2. The summed E-state index contributed by atoms with van der Waals surface area (Å²) in [5, 5.41) is 4.88. The zero-order chi connectivity index (χ0) is 14.5. The van der Waals surface area contributed by atoms with E-state index >= 15 is 0 Å². The molecule has 0 radical (unpaired) electrons. The summed E-state index contributed by atoms with van der Waals surface area (Å²) < 4.78 is 2.33. The number of benzene rings is 1. The molecule has 3 aromatic rings. The van der Waals surface area contributed by atoms with E-state index in [0.29, 0.717) is 6.04 Å². The van der Waals surface area contributed by atoms with Gasteiger partial charge in [0.05, 0.1) is 0 Å². The molecule has 108 valence electrons. The van der Waals surface area contributed by atoms with Crippen molar-refractivity contribution in [3.8, 4) is 0 Å². The summed E-state index contributed by atoms with van der Waals surface area (Å²) in [6.07, 6.45) is 6.99. The predicted molar refractivity (Wildman–Crippen MR) is 87.2 cm³/mol. The van der Waals surface area contributed by atoms with Gasteiger partial charge in [0.2, 0.25) is 0 Å². The minimum atomic E-state index is 0.370. The number of nitrogens with zero attached hydrogens (tertiary/aromatic N) is 2. The Morgan fingerprint density at radius 1 is 1.10 bits per heavy atom. The van der Waals surface area contributed by atoms with Crippen LogP contribution in [0.15, 0.2) is 61.1 Å². The molecule has 0 amide bonds. The van der Waals surface area contributed by atoms with Crippen LogP contribution < -0.4 is 5.32 Å². The lowest BCUT2D eigenvalue weighted by Crippen LogP contribution is -2.20. The van der Waals surface area contributed by atoms with Crippen molar-refractivity contribution in [1.29, 1.82) is 0 Å². The molecule has 0 saturated heterocycles. The van der Waals surface area contributed by atoms with E-state index in [4.69, 9.17) is 0 Å². The highest BCUT2D eigenvalue weighted by Gasteiger charge is 2.04. The zero-order valence-corrected chi connectivity index (χ0v) is 12.4. The molecule has 2 aromatic heterocycles. The van der Waals surface area contributed by atoms with Gasteiger partial charge in [-0.3, -0.25) is 4.98 Å². The molecule has 2 heterocycles. The summed E-state index contributed by atoms with van der Waals surface area (Å²) in [4.78, 5) is 4.06. The van der Waals surface area contributed by atoms with Crippen LogP contribution in [0.5, 0.6) is 0 Å². The number of hydrogen-bond acceptors (Lipinski definition) is 2. The van der Waals surface area contributed by atoms with E-state index in [0.717, 1.165) is 19.5 Å². The largest absolute Gasteiger partial charge is 0.347 e. The summed E-state index contributed by atoms with van der Waals surface area (Å²) in [6, 6.07) is 15.2. The van der Waals surface area contributed by atoms with E-state index < -0.39 is 0 Å². The number of para-hydroxylation sites is 1. The highest BCUT2D eigenvalue weighted by atomic mass is 15.0. The summed E-state index contributed by atoms with van der Waals surface area (Å²) >= 11 is 0. The van der Waals surface area contributed by atoms with Crippen molar-refractivity contribution in [2.24, 2.45) is 0 Å². The van der Waals surface area contributed by atoms with Crippen LogP contribution in [0.2, 0.25) is 0 Å². The van der Waals surface area contributed by atoms with Gasteiger partial charge in [0.1, 0.15) is 0 Å². The van der Waals surface area contributed by atoms with Crippen LogP contribution >= 0.6 is 0 Å². The predicted octanol–water partition coefficient (Wildman–Crippen LogP) is 3.78. The van der Waals surface area contributed by atoms with E-state index in [1.54, 1.807) is 0 Å². The molecule has 0 aliphatic heterocycles. The number of fused-ring (bicyclic) bond motifs is 1. The lowest BCUT2D eigenvalue weighted by molar-refractivity contribution is 0.531. The van der Waals surface area contributed by atoms with Gasteiger partial charge in [-0.2, -0.15) is 0 Å². The van der Waals surface area contributed by atoms with Gasteiger partial charge in [-0.25, -0.2) is 0 Å². The van der Waals surface area contributed by atoms with Gasteiger partial charge in [0.25, 0.3) is 0 Å². The summed E-state index contributed by atoms with van der Waals surface area (Å²) in [6.45, 7) is 4.25. The van der Waals surface area contributed by atoms with Crippen molar-refractivity contribution >= 4 is 10.9 Å². The second kappa shape index (κ2) is 6.55. The third kappa shape index (κ3) is 3.31. The van der Waals surface area contributed by atoms with Crippen LogP contribution in [0.3, 0.4) is 0 Å². The van der Waals surface area contributed by atoms with Crippen LogP contribution in [0.4, 0.5) is 0 Å². The van der Waals surface area contributed by atoms with Crippen LogP contribution in [-0.4, -0.2) is 16.1 Å². The Bertz CT molecular complexity index is 688.